The van der Waals surface area contributed by atoms with Crippen molar-refractivity contribution in [3.63, 3.8) is 0 Å². The second-order valence-electron chi connectivity index (χ2n) is 9.29. The van der Waals surface area contributed by atoms with E-state index in [4.69, 9.17) is 4.74 Å². The number of rotatable bonds is 4. The summed E-state index contributed by atoms with van der Waals surface area (Å²) in [5.41, 5.74) is 2.30. The van der Waals surface area contributed by atoms with E-state index in [0.717, 1.165) is 0 Å². The Kier molecular flexibility index (Phi) is 6.76. The number of sulfonamides is 1. The highest BCUT2D eigenvalue weighted by Crippen LogP contribution is 2.48. The highest BCUT2D eigenvalue weighted by Gasteiger charge is 2.44. The highest BCUT2D eigenvalue weighted by atomic mass is 32.2. The number of pyridine rings is 1. The lowest BCUT2D eigenvalue weighted by Crippen LogP contribution is -2.42. The van der Waals surface area contributed by atoms with Gasteiger partial charge in [-0.3, -0.25) is 0 Å². The number of nitrogens with zero attached hydrogens (tertiary/aromatic N) is 2. The molecule has 1 aliphatic rings. The zero-order valence-corrected chi connectivity index (χ0v) is 22.3. The third-order valence-corrected chi connectivity index (χ3v) is 8.14. The van der Waals surface area contributed by atoms with Crippen LogP contribution in [0.1, 0.15) is 34.6 Å². The van der Waals surface area contributed by atoms with E-state index in [-0.39, 0.29) is 16.4 Å². The molecule has 5 rings (SSSR count). The van der Waals surface area contributed by atoms with Gasteiger partial charge in [0, 0.05) is 47.1 Å². The first-order valence-electron chi connectivity index (χ1n) is 11.8. The van der Waals surface area contributed by atoms with Gasteiger partial charge >= 0.3 is 6.29 Å². The number of ether oxygens (including phenoxy) is 2. The summed E-state index contributed by atoms with van der Waals surface area (Å²) < 4.78 is 64.4. The Morgan fingerprint density at radius 3 is 2.38 bits per heavy atom. The van der Waals surface area contributed by atoms with E-state index in [9.17, 15) is 17.2 Å². The van der Waals surface area contributed by atoms with Crippen molar-refractivity contribution in [1.29, 1.82) is 0 Å². The molecule has 0 amide bonds. The Hall–Kier alpha value is -3.50. The average Bonchev–Trinajstić information content (AvgIpc) is 3.42. The van der Waals surface area contributed by atoms with E-state index in [0.29, 0.717) is 33.3 Å². The fourth-order valence-electron chi connectivity index (χ4n) is 3.92. The fraction of sp³-hybridized carbons (Fsp3) is 0.296. The molecule has 0 unspecified atom stereocenters. The Labute approximate surface area is 215 Å². The van der Waals surface area contributed by atoms with Crippen LogP contribution in [0.4, 0.5) is 8.78 Å². The third-order valence-electron chi connectivity index (χ3n) is 6.02. The minimum absolute atomic E-state index is 0.0492. The molecular formula is C27H29F2N3O4S. The summed E-state index contributed by atoms with van der Waals surface area (Å²) in [7, 11) is -2.17. The van der Waals surface area contributed by atoms with Crippen molar-refractivity contribution in [2.45, 2.75) is 51.3 Å². The van der Waals surface area contributed by atoms with Crippen molar-refractivity contribution in [3.8, 4) is 33.8 Å². The molecule has 0 bridgehead atoms. The van der Waals surface area contributed by atoms with E-state index < -0.39 is 21.9 Å². The van der Waals surface area contributed by atoms with Crippen LogP contribution in [-0.4, -0.2) is 41.6 Å². The number of benzene rings is 2. The van der Waals surface area contributed by atoms with Crippen LogP contribution in [0, 0.1) is 0 Å². The number of aromatic amines is 1. The molecule has 0 radical (unpaired) electrons. The van der Waals surface area contributed by atoms with Crippen molar-refractivity contribution in [2.24, 2.45) is 0 Å². The van der Waals surface area contributed by atoms with E-state index in [2.05, 4.69) is 14.7 Å². The van der Waals surface area contributed by atoms with Gasteiger partial charge in [0.2, 0.25) is 10.0 Å². The van der Waals surface area contributed by atoms with Gasteiger partial charge in [-0.1, -0.05) is 38.1 Å². The summed E-state index contributed by atoms with van der Waals surface area (Å²) >= 11 is 0. The lowest BCUT2D eigenvalue weighted by molar-refractivity contribution is -0.286. The average molecular weight is 530 g/mol. The standard InChI is InChI=1S/C25H23F2N3O4S.C2H6/c1-24(2,3)30(4)35(31,32)17-8-5-7-15(11-17)16-12-19-20(14-29-23(19)28-13-16)18-9-6-10-21-22(18)34-25(26,27)33-21;1-2/h5-14H,1-4H3,(H,28,29);1-2H3. The number of nitrogens with one attached hydrogen (secondary N) is 1. The SMILES string of the molecule is CC.CN(C(C)(C)C)S(=O)(=O)c1cccc(-c2cnc3[nH]cc(-c4cccc5c4OC(F)(F)O5)c3c2)c1. The van der Waals surface area contributed by atoms with Crippen molar-refractivity contribution in [1.82, 2.24) is 14.3 Å². The largest absolute Gasteiger partial charge is 0.586 e. The van der Waals surface area contributed by atoms with Crippen LogP contribution in [0.2, 0.25) is 0 Å². The van der Waals surface area contributed by atoms with Gasteiger partial charge < -0.3 is 14.5 Å². The minimum atomic E-state index is -3.74. The van der Waals surface area contributed by atoms with Crippen LogP contribution < -0.4 is 9.47 Å². The Morgan fingerprint density at radius 2 is 1.68 bits per heavy atom. The first-order chi connectivity index (χ1) is 17.4. The maximum absolute atomic E-state index is 13.7. The van der Waals surface area contributed by atoms with E-state index in [1.165, 1.54) is 10.4 Å². The van der Waals surface area contributed by atoms with Gasteiger partial charge in [0.05, 0.1) is 4.90 Å². The molecule has 0 saturated heterocycles. The molecule has 10 heteroatoms. The van der Waals surface area contributed by atoms with E-state index in [1.54, 1.807) is 55.8 Å². The summed E-state index contributed by atoms with van der Waals surface area (Å²) in [6.45, 7) is 9.47. The lowest BCUT2D eigenvalue weighted by atomic mass is 10.0. The molecule has 0 atom stereocenters. The van der Waals surface area contributed by atoms with Crippen LogP contribution in [0.5, 0.6) is 11.5 Å². The summed E-state index contributed by atoms with van der Waals surface area (Å²) in [5.74, 6) is -0.103. The molecule has 1 aliphatic heterocycles. The van der Waals surface area contributed by atoms with Crippen LogP contribution in [0.25, 0.3) is 33.3 Å². The predicted molar refractivity (Wildman–Crippen MR) is 139 cm³/mol. The summed E-state index contributed by atoms with van der Waals surface area (Å²) in [6.07, 6.45) is -0.443. The van der Waals surface area contributed by atoms with Crippen molar-refractivity contribution in [3.05, 3.63) is 60.9 Å². The number of hydrogen-bond donors (Lipinski definition) is 1. The fourth-order valence-corrected chi connectivity index (χ4v) is 5.48. The Balaban J connectivity index is 0.00000156. The van der Waals surface area contributed by atoms with Gasteiger partial charge in [-0.25, -0.2) is 13.4 Å². The molecule has 2 aromatic heterocycles. The third kappa shape index (κ3) is 4.91. The Bertz CT molecular complexity index is 1560. The molecule has 1 N–H and O–H groups in total. The van der Waals surface area contributed by atoms with Crippen molar-refractivity contribution < 1.29 is 26.7 Å². The molecule has 3 heterocycles. The van der Waals surface area contributed by atoms with Crippen LogP contribution in [-0.2, 0) is 10.0 Å². The summed E-state index contributed by atoms with van der Waals surface area (Å²) in [4.78, 5) is 7.67. The maximum Gasteiger partial charge on any atom is 0.586 e. The van der Waals surface area contributed by atoms with Crippen molar-refractivity contribution >= 4 is 21.1 Å². The quantitative estimate of drug-likeness (QED) is 0.319. The second-order valence-corrected chi connectivity index (χ2v) is 11.3. The molecule has 0 fully saturated rings. The zero-order chi connectivity index (χ0) is 27.2. The highest BCUT2D eigenvalue weighted by molar-refractivity contribution is 7.89. The number of fused-ring (bicyclic) bond motifs is 2. The molecule has 2 aromatic carbocycles. The lowest BCUT2D eigenvalue weighted by Gasteiger charge is -2.31. The number of aromatic nitrogens is 2. The minimum Gasteiger partial charge on any atom is -0.395 e. The van der Waals surface area contributed by atoms with Gasteiger partial charge in [0.25, 0.3) is 0 Å². The number of alkyl halides is 2. The number of H-pyrrole nitrogens is 1. The number of hydrogen-bond acceptors (Lipinski definition) is 5. The molecule has 0 spiro atoms. The Morgan fingerprint density at radius 1 is 0.973 bits per heavy atom. The first kappa shape index (κ1) is 26.6. The molecular weight excluding hydrogens is 500 g/mol. The van der Waals surface area contributed by atoms with Gasteiger partial charge in [0.1, 0.15) is 5.65 Å². The predicted octanol–water partition coefficient (Wildman–Crippen LogP) is 6.66. The van der Waals surface area contributed by atoms with Gasteiger partial charge in [-0.15, -0.1) is 8.78 Å². The molecule has 4 aromatic rings. The smallest absolute Gasteiger partial charge is 0.395 e. The number of halogens is 2. The first-order valence-corrected chi connectivity index (χ1v) is 13.3. The molecule has 37 heavy (non-hydrogen) atoms. The van der Waals surface area contributed by atoms with E-state index in [1.807, 2.05) is 40.7 Å². The molecule has 196 valence electrons. The van der Waals surface area contributed by atoms with Crippen LogP contribution in [0.15, 0.2) is 65.8 Å². The zero-order valence-electron chi connectivity index (χ0n) is 21.5. The monoisotopic (exact) mass is 529 g/mol. The topological polar surface area (TPSA) is 84.5 Å². The van der Waals surface area contributed by atoms with Crippen molar-refractivity contribution in [2.75, 3.05) is 7.05 Å². The normalized spacial score (nSPS) is 14.5. The van der Waals surface area contributed by atoms with E-state index >= 15 is 0 Å². The number of para-hydroxylation sites is 1. The second kappa shape index (κ2) is 9.42. The molecule has 7 nitrogen and oxygen atoms in total. The molecule has 0 aliphatic carbocycles. The summed E-state index contributed by atoms with van der Waals surface area (Å²) in [6, 6.07) is 13.1. The van der Waals surface area contributed by atoms with Crippen LogP contribution >= 0.6 is 0 Å². The van der Waals surface area contributed by atoms with Gasteiger partial charge in [0.15, 0.2) is 11.5 Å². The summed E-state index contributed by atoms with van der Waals surface area (Å²) in [5, 5.41) is 0.662. The van der Waals surface area contributed by atoms with Gasteiger partial charge in [-0.2, -0.15) is 4.31 Å². The van der Waals surface area contributed by atoms with Gasteiger partial charge in [-0.05, 0) is 50.6 Å². The van der Waals surface area contributed by atoms with Crippen LogP contribution in [0.3, 0.4) is 0 Å². The maximum atomic E-state index is 13.7. The molecule has 0 saturated carbocycles.